The summed E-state index contributed by atoms with van der Waals surface area (Å²) in [6.45, 7) is 2.00. The van der Waals surface area contributed by atoms with E-state index in [1.807, 2.05) is 0 Å². The summed E-state index contributed by atoms with van der Waals surface area (Å²) in [4.78, 5) is 37.6. The Kier molecular flexibility index (Phi) is 5.57. The SMILES string of the molecule is C[C@H](NC(=O)c1ccc(Br)s1)C(=O)N1CCCC[C@H]1C(=O)O. The molecule has 0 saturated carbocycles. The zero-order chi connectivity index (χ0) is 16.3. The number of aliphatic carboxylic acids is 1. The topological polar surface area (TPSA) is 86.7 Å². The first-order valence-corrected chi connectivity index (χ1v) is 8.60. The molecular weight excluding hydrogens is 372 g/mol. The molecule has 0 unspecified atom stereocenters. The van der Waals surface area contributed by atoms with Crippen LogP contribution in [0.4, 0.5) is 0 Å². The van der Waals surface area contributed by atoms with E-state index < -0.39 is 18.1 Å². The van der Waals surface area contributed by atoms with Crippen LogP contribution in [0, 0.1) is 0 Å². The lowest BCUT2D eigenvalue weighted by atomic mass is 10.0. The maximum absolute atomic E-state index is 12.4. The summed E-state index contributed by atoms with van der Waals surface area (Å²) in [5.74, 6) is -1.68. The van der Waals surface area contributed by atoms with Crippen LogP contribution >= 0.6 is 27.3 Å². The van der Waals surface area contributed by atoms with Crippen molar-refractivity contribution in [3.63, 3.8) is 0 Å². The highest BCUT2D eigenvalue weighted by Gasteiger charge is 2.34. The minimum atomic E-state index is -0.992. The molecule has 1 fully saturated rings. The summed E-state index contributed by atoms with van der Waals surface area (Å²) in [5.41, 5.74) is 0. The molecule has 0 aliphatic carbocycles. The van der Waals surface area contributed by atoms with Gasteiger partial charge in [-0.25, -0.2) is 4.79 Å². The summed E-state index contributed by atoms with van der Waals surface area (Å²) in [7, 11) is 0. The number of likely N-dealkylation sites (tertiary alicyclic amines) is 1. The van der Waals surface area contributed by atoms with Gasteiger partial charge in [0.1, 0.15) is 12.1 Å². The van der Waals surface area contributed by atoms with Crippen molar-refractivity contribution in [3.05, 3.63) is 20.8 Å². The normalized spacial score (nSPS) is 19.5. The maximum Gasteiger partial charge on any atom is 0.326 e. The number of amides is 2. The van der Waals surface area contributed by atoms with Gasteiger partial charge in [-0.1, -0.05) is 0 Å². The largest absolute Gasteiger partial charge is 0.480 e. The summed E-state index contributed by atoms with van der Waals surface area (Å²) in [6, 6.07) is 1.88. The van der Waals surface area contributed by atoms with Crippen molar-refractivity contribution in [1.29, 1.82) is 0 Å². The van der Waals surface area contributed by atoms with E-state index in [-0.39, 0.29) is 11.8 Å². The monoisotopic (exact) mass is 388 g/mol. The second-order valence-corrected chi connectivity index (χ2v) is 7.64. The summed E-state index contributed by atoms with van der Waals surface area (Å²) >= 11 is 4.56. The number of hydrogen-bond donors (Lipinski definition) is 2. The third kappa shape index (κ3) is 3.86. The summed E-state index contributed by atoms with van der Waals surface area (Å²) in [5, 5.41) is 11.8. The first kappa shape index (κ1) is 17.0. The molecular formula is C14H17BrN2O4S. The fraction of sp³-hybridized carbons (Fsp3) is 0.500. The number of hydrogen-bond acceptors (Lipinski definition) is 4. The highest BCUT2D eigenvalue weighted by atomic mass is 79.9. The fourth-order valence-corrected chi connectivity index (χ4v) is 3.76. The molecule has 1 aromatic heterocycles. The molecule has 2 atom stereocenters. The molecule has 2 rings (SSSR count). The highest BCUT2D eigenvalue weighted by Crippen LogP contribution is 2.22. The molecule has 2 N–H and O–H groups in total. The average Bonchev–Trinajstić information content (AvgIpc) is 2.93. The van der Waals surface area contributed by atoms with Crippen molar-refractivity contribution < 1.29 is 19.5 Å². The first-order valence-electron chi connectivity index (χ1n) is 6.99. The number of carbonyl (C=O) groups excluding carboxylic acids is 2. The summed E-state index contributed by atoms with van der Waals surface area (Å²) < 4.78 is 0.832. The van der Waals surface area contributed by atoms with Crippen LogP contribution in [0.25, 0.3) is 0 Å². The Morgan fingerprint density at radius 2 is 2.14 bits per heavy atom. The average molecular weight is 389 g/mol. The van der Waals surface area contributed by atoms with Gasteiger partial charge in [0, 0.05) is 6.54 Å². The van der Waals surface area contributed by atoms with Crippen LogP contribution in [-0.2, 0) is 9.59 Å². The number of halogens is 1. The summed E-state index contributed by atoms with van der Waals surface area (Å²) in [6.07, 6.45) is 2.04. The van der Waals surface area contributed by atoms with E-state index in [4.69, 9.17) is 0 Å². The molecule has 0 radical (unpaired) electrons. The molecule has 1 aliphatic rings. The number of thiophene rings is 1. The van der Waals surface area contributed by atoms with E-state index in [0.717, 1.165) is 16.6 Å². The Morgan fingerprint density at radius 3 is 2.73 bits per heavy atom. The van der Waals surface area contributed by atoms with Crippen LogP contribution in [0.5, 0.6) is 0 Å². The Labute approximate surface area is 140 Å². The molecule has 0 spiro atoms. The van der Waals surface area contributed by atoms with Gasteiger partial charge in [-0.3, -0.25) is 9.59 Å². The molecule has 1 saturated heterocycles. The zero-order valence-electron chi connectivity index (χ0n) is 12.0. The quantitative estimate of drug-likeness (QED) is 0.826. The van der Waals surface area contributed by atoms with E-state index >= 15 is 0 Å². The molecule has 0 aromatic carbocycles. The van der Waals surface area contributed by atoms with Gasteiger partial charge in [-0.2, -0.15) is 0 Å². The van der Waals surface area contributed by atoms with Crippen molar-refractivity contribution in [2.24, 2.45) is 0 Å². The molecule has 1 aliphatic heterocycles. The molecule has 8 heteroatoms. The van der Waals surface area contributed by atoms with Crippen LogP contribution in [0.3, 0.4) is 0 Å². The number of carbonyl (C=O) groups is 3. The Balaban J connectivity index is 2.01. The predicted octanol–water partition coefficient (Wildman–Crippen LogP) is 2.09. The Morgan fingerprint density at radius 1 is 1.41 bits per heavy atom. The van der Waals surface area contributed by atoms with Crippen molar-refractivity contribution in [2.75, 3.05) is 6.54 Å². The van der Waals surface area contributed by atoms with Crippen LogP contribution < -0.4 is 5.32 Å². The number of carboxylic acid groups (broad SMARTS) is 1. The maximum atomic E-state index is 12.4. The number of carboxylic acids is 1. The Hall–Kier alpha value is -1.41. The standard InChI is InChI=1S/C14H17BrN2O4S/c1-8(16-12(18)10-5-6-11(15)22-10)13(19)17-7-3-2-4-9(17)14(20)21/h5-6,8-9H,2-4,7H2,1H3,(H,16,18)(H,20,21)/t8-,9-/m0/s1. The number of piperidine rings is 1. The molecule has 2 amide bonds. The Bertz CT molecular complexity index is 589. The minimum absolute atomic E-state index is 0.333. The van der Waals surface area contributed by atoms with Gasteiger partial charge in [0.25, 0.3) is 5.91 Å². The predicted molar refractivity (Wildman–Crippen MR) is 85.9 cm³/mol. The van der Waals surface area contributed by atoms with Gasteiger partial charge in [0.15, 0.2) is 0 Å². The second kappa shape index (κ2) is 7.23. The van der Waals surface area contributed by atoms with E-state index in [2.05, 4.69) is 21.2 Å². The first-order chi connectivity index (χ1) is 10.4. The third-order valence-electron chi connectivity index (χ3n) is 3.59. The van der Waals surface area contributed by atoms with Crippen LogP contribution in [0.15, 0.2) is 15.9 Å². The van der Waals surface area contributed by atoms with Gasteiger partial charge in [0.05, 0.1) is 8.66 Å². The number of rotatable bonds is 4. The van der Waals surface area contributed by atoms with Gasteiger partial charge in [-0.05, 0) is 54.2 Å². The molecule has 22 heavy (non-hydrogen) atoms. The van der Waals surface area contributed by atoms with Gasteiger partial charge >= 0.3 is 5.97 Å². The van der Waals surface area contributed by atoms with Crippen molar-refractivity contribution in [1.82, 2.24) is 10.2 Å². The van der Waals surface area contributed by atoms with Crippen molar-refractivity contribution >= 4 is 45.1 Å². The highest BCUT2D eigenvalue weighted by molar-refractivity contribution is 9.11. The molecule has 1 aromatic rings. The fourth-order valence-electron chi connectivity index (χ4n) is 2.47. The minimum Gasteiger partial charge on any atom is -0.480 e. The second-order valence-electron chi connectivity index (χ2n) is 5.18. The van der Waals surface area contributed by atoms with Gasteiger partial charge in [0.2, 0.25) is 5.91 Å². The lowest BCUT2D eigenvalue weighted by Gasteiger charge is -2.34. The van der Waals surface area contributed by atoms with Crippen molar-refractivity contribution in [3.8, 4) is 0 Å². The molecule has 120 valence electrons. The van der Waals surface area contributed by atoms with Gasteiger partial charge < -0.3 is 15.3 Å². The zero-order valence-corrected chi connectivity index (χ0v) is 14.4. The third-order valence-corrected chi connectivity index (χ3v) is 5.21. The van der Waals surface area contributed by atoms with E-state index in [1.165, 1.54) is 16.2 Å². The molecule has 0 bridgehead atoms. The lowest BCUT2D eigenvalue weighted by molar-refractivity contribution is -0.152. The smallest absolute Gasteiger partial charge is 0.326 e. The van der Waals surface area contributed by atoms with E-state index in [1.54, 1.807) is 19.1 Å². The van der Waals surface area contributed by atoms with Gasteiger partial charge in [-0.15, -0.1) is 11.3 Å². The molecule has 6 nitrogen and oxygen atoms in total. The van der Waals surface area contributed by atoms with Crippen LogP contribution in [0.2, 0.25) is 0 Å². The lowest BCUT2D eigenvalue weighted by Crippen LogP contribution is -2.54. The number of nitrogens with zero attached hydrogens (tertiary/aromatic N) is 1. The molecule has 2 heterocycles. The van der Waals surface area contributed by atoms with Crippen LogP contribution in [0.1, 0.15) is 35.9 Å². The van der Waals surface area contributed by atoms with E-state index in [9.17, 15) is 19.5 Å². The number of nitrogens with one attached hydrogen (secondary N) is 1. The van der Waals surface area contributed by atoms with E-state index in [0.29, 0.717) is 17.8 Å². The van der Waals surface area contributed by atoms with Crippen molar-refractivity contribution in [2.45, 2.75) is 38.3 Å². The van der Waals surface area contributed by atoms with Crippen LogP contribution in [-0.4, -0.2) is 46.4 Å².